The summed E-state index contributed by atoms with van der Waals surface area (Å²) >= 11 is 3.25. The third-order valence-electron chi connectivity index (χ3n) is 7.09. The first-order valence-corrected chi connectivity index (χ1v) is 12.5. The smallest absolute Gasteiger partial charge is 0.230 e. The number of thioether (sulfide) groups is 1. The fourth-order valence-electron chi connectivity index (χ4n) is 6.34. The molecular weight excluding hydrogens is 388 g/mol. The van der Waals surface area contributed by atoms with Crippen LogP contribution in [0.4, 0.5) is 0 Å². The average Bonchev–Trinajstić information content (AvgIpc) is 3.16. The molecule has 0 aromatic carbocycles. The molecule has 5 saturated carbocycles. The van der Waals surface area contributed by atoms with E-state index in [0.29, 0.717) is 11.8 Å². The number of amides is 1. The Labute approximate surface area is 173 Å². The first kappa shape index (κ1) is 17.5. The Balaban J connectivity index is 1.14. The Bertz CT molecular complexity index is 851. The van der Waals surface area contributed by atoms with Crippen molar-refractivity contribution < 1.29 is 4.79 Å². The zero-order valence-electron chi connectivity index (χ0n) is 16.0. The summed E-state index contributed by atoms with van der Waals surface area (Å²) in [7, 11) is 0. The van der Waals surface area contributed by atoms with E-state index in [0.717, 1.165) is 33.6 Å². The number of hydrogen-bond donors (Lipinski definition) is 1. The van der Waals surface area contributed by atoms with E-state index >= 15 is 0 Å². The molecule has 0 saturated heterocycles. The maximum absolute atomic E-state index is 12.8. The van der Waals surface area contributed by atoms with Crippen molar-refractivity contribution in [1.29, 1.82) is 0 Å². The molecule has 1 N–H and O–H groups in total. The van der Waals surface area contributed by atoms with Crippen molar-refractivity contribution in [2.75, 3.05) is 5.75 Å². The van der Waals surface area contributed by atoms with Crippen LogP contribution in [0.1, 0.15) is 57.4 Å². The number of carbonyl (C=O) groups excluding carboxylic acids is 1. The predicted molar refractivity (Wildman–Crippen MR) is 111 cm³/mol. The Morgan fingerprint density at radius 3 is 2.50 bits per heavy atom. The SMILES string of the molecule is O=C(CSc1nnc(-c2cccs2)n1C1CC1)NC12CC3CC(CC(C3)C1)C2. The predicted octanol–water partition coefficient (Wildman–Crippen LogP) is 4.52. The van der Waals surface area contributed by atoms with Gasteiger partial charge in [0.2, 0.25) is 5.91 Å². The van der Waals surface area contributed by atoms with Gasteiger partial charge >= 0.3 is 0 Å². The van der Waals surface area contributed by atoms with Crippen molar-refractivity contribution >= 4 is 29.0 Å². The molecule has 5 aliphatic carbocycles. The Morgan fingerprint density at radius 2 is 1.89 bits per heavy atom. The molecule has 2 aromatic heterocycles. The quantitative estimate of drug-likeness (QED) is 0.706. The highest BCUT2D eigenvalue weighted by Crippen LogP contribution is 2.55. The summed E-state index contributed by atoms with van der Waals surface area (Å²) in [6.45, 7) is 0. The molecule has 2 heterocycles. The van der Waals surface area contributed by atoms with Gasteiger partial charge in [0.15, 0.2) is 11.0 Å². The van der Waals surface area contributed by atoms with E-state index in [1.807, 2.05) is 0 Å². The maximum Gasteiger partial charge on any atom is 0.230 e. The molecule has 0 radical (unpaired) electrons. The molecule has 2 aromatic rings. The van der Waals surface area contributed by atoms with Crippen LogP contribution in [0.5, 0.6) is 0 Å². The third kappa shape index (κ3) is 3.11. The van der Waals surface area contributed by atoms with Gasteiger partial charge in [-0.1, -0.05) is 17.8 Å². The van der Waals surface area contributed by atoms with Crippen molar-refractivity contribution in [1.82, 2.24) is 20.1 Å². The normalized spacial score (nSPS) is 33.4. The maximum atomic E-state index is 12.8. The van der Waals surface area contributed by atoms with Gasteiger partial charge in [-0.3, -0.25) is 9.36 Å². The van der Waals surface area contributed by atoms with Crippen LogP contribution >= 0.6 is 23.1 Å². The number of nitrogens with zero attached hydrogens (tertiary/aromatic N) is 3. The minimum absolute atomic E-state index is 0.0959. The molecule has 0 atom stereocenters. The molecule has 4 bridgehead atoms. The van der Waals surface area contributed by atoms with E-state index in [2.05, 4.69) is 37.6 Å². The molecule has 7 rings (SSSR count). The van der Waals surface area contributed by atoms with Gasteiger partial charge < -0.3 is 5.32 Å². The third-order valence-corrected chi connectivity index (χ3v) is 8.90. The number of aromatic nitrogens is 3. The largest absolute Gasteiger partial charge is 0.350 e. The molecule has 5 aliphatic rings. The van der Waals surface area contributed by atoms with Crippen LogP contribution in [-0.4, -0.2) is 32.0 Å². The van der Waals surface area contributed by atoms with Crippen LogP contribution < -0.4 is 5.32 Å². The molecular formula is C21H26N4OS2. The lowest BCUT2D eigenvalue weighted by Gasteiger charge is -2.56. The lowest BCUT2D eigenvalue weighted by atomic mass is 9.53. The summed E-state index contributed by atoms with van der Waals surface area (Å²) in [6.07, 6.45) is 10.2. The van der Waals surface area contributed by atoms with Gasteiger partial charge in [0.05, 0.1) is 10.6 Å². The van der Waals surface area contributed by atoms with E-state index in [1.54, 1.807) is 23.1 Å². The number of thiophene rings is 1. The zero-order valence-corrected chi connectivity index (χ0v) is 17.6. The van der Waals surface area contributed by atoms with Crippen LogP contribution in [0.3, 0.4) is 0 Å². The van der Waals surface area contributed by atoms with Crippen molar-refractivity contribution in [3.05, 3.63) is 17.5 Å². The Hall–Kier alpha value is -1.34. The summed E-state index contributed by atoms with van der Waals surface area (Å²) < 4.78 is 2.26. The number of nitrogens with one attached hydrogen (secondary N) is 1. The highest BCUT2D eigenvalue weighted by molar-refractivity contribution is 7.99. The van der Waals surface area contributed by atoms with Crippen LogP contribution in [0.25, 0.3) is 10.7 Å². The Morgan fingerprint density at radius 1 is 1.18 bits per heavy atom. The summed E-state index contributed by atoms with van der Waals surface area (Å²) in [5.41, 5.74) is 0.0959. The highest BCUT2D eigenvalue weighted by Gasteiger charge is 2.51. The second-order valence-electron chi connectivity index (χ2n) is 9.42. The molecule has 5 nitrogen and oxygen atoms in total. The zero-order chi connectivity index (χ0) is 18.7. The van der Waals surface area contributed by atoms with Gasteiger partial charge in [-0.25, -0.2) is 0 Å². The minimum atomic E-state index is 0.0959. The van der Waals surface area contributed by atoms with Gasteiger partial charge in [-0.05, 0) is 80.6 Å². The van der Waals surface area contributed by atoms with Crippen LogP contribution in [0.15, 0.2) is 22.7 Å². The number of carbonyl (C=O) groups is 1. The van der Waals surface area contributed by atoms with Gasteiger partial charge in [-0.2, -0.15) is 0 Å². The van der Waals surface area contributed by atoms with E-state index in [1.165, 1.54) is 51.4 Å². The standard InChI is InChI=1S/C21H26N4OS2/c26-18(22-21-9-13-6-14(10-21)8-15(7-13)11-21)12-28-20-24-23-19(17-2-1-5-27-17)25(20)16-3-4-16/h1-2,5,13-16H,3-4,6-12H2,(H,22,26). The van der Waals surface area contributed by atoms with E-state index < -0.39 is 0 Å². The highest BCUT2D eigenvalue weighted by atomic mass is 32.2. The van der Waals surface area contributed by atoms with Crippen LogP contribution in [0.2, 0.25) is 0 Å². The monoisotopic (exact) mass is 414 g/mol. The molecule has 1 amide bonds. The number of hydrogen-bond acceptors (Lipinski definition) is 5. The topological polar surface area (TPSA) is 59.8 Å². The summed E-state index contributed by atoms with van der Waals surface area (Å²) in [4.78, 5) is 14.0. The molecule has 148 valence electrons. The molecule has 7 heteroatoms. The van der Waals surface area contributed by atoms with Crippen molar-refractivity contribution in [2.45, 2.75) is 68.1 Å². The second kappa shape index (κ2) is 6.59. The second-order valence-corrected chi connectivity index (χ2v) is 11.3. The lowest BCUT2D eigenvalue weighted by Crippen LogP contribution is -2.60. The van der Waals surface area contributed by atoms with Gasteiger partial charge in [-0.15, -0.1) is 21.5 Å². The minimum Gasteiger partial charge on any atom is -0.350 e. The molecule has 28 heavy (non-hydrogen) atoms. The van der Waals surface area contributed by atoms with Crippen molar-refractivity contribution in [3.63, 3.8) is 0 Å². The van der Waals surface area contributed by atoms with E-state index in [4.69, 9.17) is 0 Å². The van der Waals surface area contributed by atoms with Crippen molar-refractivity contribution in [3.8, 4) is 10.7 Å². The summed E-state index contributed by atoms with van der Waals surface area (Å²) in [5, 5.41) is 15.3. The first-order chi connectivity index (χ1) is 13.7. The molecule has 0 unspecified atom stereocenters. The average molecular weight is 415 g/mol. The van der Waals surface area contributed by atoms with Gasteiger partial charge in [0, 0.05) is 11.6 Å². The summed E-state index contributed by atoms with van der Waals surface area (Å²) in [5.74, 6) is 4.13. The van der Waals surface area contributed by atoms with Crippen molar-refractivity contribution in [2.24, 2.45) is 17.8 Å². The van der Waals surface area contributed by atoms with E-state index in [9.17, 15) is 4.79 Å². The molecule has 5 fully saturated rings. The fourth-order valence-corrected chi connectivity index (χ4v) is 7.85. The first-order valence-electron chi connectivity index (χ1n) is 10.6. The fraction of sp³-hybridized carbons (Fsp3) is 0.667. The Kier molecular flexibility index (Phi) is 4.12. The van der Waals surface area contributed by atoms with Gasteiger partial charge in [0.25, 0.3) is 0 Å². The van der Waals surface area contributed by atoms with Crippen LogP contribution in [-0.2, 0) is 4.79 Å². The summed E-state index contributed by atoms with van der Waals surface area (Å²) in [6, 6.07) is 4.65. The van der Waals surface area contributed by atoms with E-state index in [-0.39, 0.29) is 11.4 Å². The molecule has 0 spiro atoms. The van der Waals surface area contributed by atoms with Gasteiger partial charge in [0.1, 0.15) is 0 Å². The number of rotatable bonds is 6. The van der Waals surface area contributed by atoms with Crippen LogP contribution in [0, 0.1) is 17.8 Å². The lowest BCUT2D eigenvalue weighted by molar-refractivity contribution is -0.124. The molecule has 0 aliphatic heterocycles.